The number of phosphoric acid groups is 1. The Hall–Kier alpha value is -2.06. The Labute approximate surface area is 402 Å². The molecule has 65 heavy (non-hydrogen) atoms. The smallest absolute Gasteiger partial charge is 0.457 e. The molecule has 378 valence electrons. The zero-order chi connectivity index (χ0) is 47.6. The summed E-state index contributed by atoms with van der Waals surface area (Å²) < 4.78 is 35.2. The second-order valence-corrected chi connectivity index (χ2v) is 20.3. The van der Waals surface area contributed by atoms with Crippen molar-refractivity contribution in [2.75, 3.05) is 54.1 Å². The maximum Gasteiger partial charge on any atom is 0.472 e. The third-order valence-electron chi connectivity index (χ3n) is 11.3. The summed E-state index contributed by atoms with van der Waals surface area (Å²) in [5, 5.41) is 0. The highest BCUT2D eigenvalue weighted by Crippen LogP contribution is 2.43. The van der Waals surface area contributed by atoms with E-state index in [1.165, 1.54) is 128 Å². The number of likely N-dealkylation sites (N-methyl/N-ethyl adjacent to an activating group) is 1. The fraction of sp³-hybridized carbons (Fsp3) is 0.768. The van der Waals surface area contributed by atoms with E-state index in [4.69, 9.17) is 18.5 Å². The fourth-order valence-corrected chi connectivity index (χ4v) is 7.90. The molecule has 0 aromatic rings. The molecule has 0 spiro atoms. The first-order valence-electron chi connectivity index (χ1n) is 26.7. The number of carbonyl (C=O) groups is 1. The fourth-order valence-electron chi connectivity index (χ4n) is 7.16. The second kappa shape index (κ2) is 48.4. The summed E-state index contributed by atoms with van der Waals surface area (Å²) in [4.78, 5) is 23.0. The van der Waals surface area contributed by atoms with E-state index in [1.807, 2.05) is 21.1 Å². The molecule has 0 heterocycles. The van der Waals surface area contributed by atoms with Crippen LogP contribution in [0.5, 0.6) is 0 Å². The van der Waals surface area contributed by atoms with Gasteiger partial charge in [-0.15, -0.1) is 0 Å². The minimum Gasteiger partial charge on any atom is -0.457 e. The van der Waals surface area contributed by atoms with Crippen molar-refractivity contribution >= 4 is 13.8 Å². The third kappa shape index (κ3) is 52.8. The van der Waals surface area contributed by atoms with E-state index in [2.05, 4.69) is 86.8 Å². The van der Waals surface area contributed by atoms with Gasteiger partial charge in [-0.3, -0.25) is 13.8 Å². The van der Waals surface area contributed by atoms with Crippen LogP contribution in [0.3, 0.4) is 0 Å². The maximum absolute atomic E-state index is 12.8. The van der Waals surface area contributed by atoms with Gasteiger partial charge in [-0.05, 0) is 83.5 Å². The van der Waals surface area contributed by atoms with E-state index in [9.17, 15) is 14.3 Å². The Morgan fingerprint density at radius 1 is 0.492 bits per heavy atom. The van der Waals surface area contributed by atoms with Crippen molar-refractivity contribution in [1.82, 2.24) is 0 Å². The van der Waals surface area contributed by atoms with Crippen molar-refractivity contribution in [3.05, 3.63) is 72.9 Å². The SMILES string of the molecule is CC/C=C\C/C=C\C/C=C\C/C=C\C/C=C\CCCCCCCCCCOCC(COP(=O)(O)OCC[N+](C)(C)C)OC(=O)CCCCCCCCCCC/C=C\CCCCCCCC. The molecule has 8 nitrogen and oxygen atoms in total. The molecule has 0 aliphatic carbocycles. The first kappa shape index (κ1) is 62.9. The van der Waals surface area contributed by atoms with Gasteiger partial charge < -0.3 is 18.9 Å². The van der Waals surface area contributed by atoms with Gasteiger partial charge in [0.25, 0.3) is 0 Å². The number of carbonyl (C=O) groups excluding carboxylic acids is 1. The van der Waals surface area contributed by atoms with Crippen LogP contribution in [0.2, 0.25) is 0 Å². The molecule has 0 fully saturated rings. The van der Waals surface area contributed by atoms with Crippen LogP contribution >= 0.6 is 7.82 Å². The van der Waals surface area contributed by atoms with Gasteiger partial charge in [-0.1, -0.05) is 202 Å². The predicted molar refractivity (Wildman–Crippen MR) is 279 cm³/mol. The first-order valence-corrected chi connectivity index (χ1v) is 28.2. The number of hydrogen-bond acceptors (Lipinski definition) is 6. The molecule has 0 aliphatic heterocycles. The molecule has 2 atom stereocenters. The normalized spacial score (nSPS) is 14.1. The molecule has 0 saturated carbocycles. The number of nitrogens with zero attached hydrogens (tertiary/aromatic N) is 1. The zero-order valence-electron chi connectivity index (χ0n) is 43.0. The summed E-state index contributed by atoms with van der Waals surface area (Å²) in [7, 11) is 1.66. The predicted octanol–water partition coefficient (Wildman–Crippen LogP) is 16.6. The molecule has 0 rings (SSSR count). The minimum atomic E-state index is -4.29. The molecule has 0 amide bonds. The average molecular weight is 933 g/mol. The number of hydrogen-bond donors (Lipinski definition) is 1. The van der Waals surface area contributed by atoms with Crippen LogP contribution in [-0.2, 0) is 27.9 Å². The molecular formula is C56H103NO7P+. The molecule has 0 radical (unpaired) electrons. The lowest BCUT2D eigenvalue weighted by atomic mass is 10.1. The van der Waals surface area contributed by atoms with E-state index >= 15 is 0 Å². The number of ether oxygens (including phenoxy) is 2. The van der Waals surface area contributed by atoms with Crippen LogP contribution in [0.15, 0.2) is 72.9 Å². The van der Waals surface area contributed by atoms with Gasteiger partial charge in [0.05, 0.1) is 34.4 Å². The van der Waals surface area contributed by atoms with Crippen LogP contribution < -0.4 is 0 Å². The first-order chi connectivity index (χ1) is 31.6. The highest BCUT2D eigenvalue weighted by atomic mass is 31.2. The van der Waals surface area contributed by atoms with Crippen molar-refractivity contribution in [3.63, 3.8) is 0 Å². The van der Waals surface area contributed by atoms with E-state index in [0.29, 0.717) is 24.1 Å². The van der Waals surface area contributed by atoms with E-state index < -0.39 is 13.9 Å². The van der Waals surface area contributed by atoms with Gasteiger partial charge in [-0.2, -0.15) is 0 Å². The second-order valence-electron chi connectivity index (χ2n) is 18.9. The molecule has 0 bridgehead atoms. The van der Waals surface area contributed by atoms with Crippen molar-refractivity contribution < 1.29 is 37.3 Å². The number of phosphoric ester groups is 1. The van der Waals surface area contributed by atoms with Gasteiger partial charge in [0.1, 0.15) is 19.3 Å². The van der Waals surface area contributed by atoms with Crippen LogP contribution in [0.4, 0.5) is 0 Å². The lowest BCUT2D eigenvalue weighted by molar-refractivity contribution is -0.870. The van der Waals surface area contributed by atoms with Crippen molar-refractivity contribution in [2.45, 2.75) is 225 Å². The quantitative estimate of drug-likeness (QED) is 0.0214. The molecule has 9 heteroatoms. The Bertz CT molecular complexity index is 1270. The summed E-state index contributed by atoms with van der Waals surface area (Å²) in [5.74, 6) is -0.320. The van der Waals surface area contributed by atoms with Gasteiger partial charge in [-0.25, -0.2) is 4.57 Å². The molecule has 2 unspecified atom stereocenters. The molecular weight excluding hydrogens is 830 g/mol. The number of esters is 1. The summed E-state index contributed by atoms with van der Waals surface area (Å²) in [6.07, 6.45) is 63.8. The maximum atomic E-state index is 12.8. The Morgan fingerprint density at radius 3 is 1.35 bits per heavy atom. The van der Waals surface area contributed by atoms with E-state index in [0.717, 1.165) is 70.6 Å². The topological polar surface area (TPSA) is 91.3 Å². The summed E-state index contributed by atoms with van der Waals surface area (Å²) >= 11 is 0. The van der Waals surface area contributed by atoms with Gasteiger partial charge >= 0.3 is 13.8 Å². The standard InChI is InChI=1S/C56H102NO7P/c1-6-8-10-12-14-16-18-20-22-24-26-27-28-29-30-32-34-36-38-40-42-44-46-48-51-61-53-55(54-63-65(59,60)62-52-50-57(3,4)5)64-56(58)49-47-45-43-41-39-37-35-33-31-25-23-21-19-17-15-13-11-9-7-2/h8,10,14,16,20-23,26-27,29-30,55H,6-7,9,11-13,15,17-19,24-25,28,31-54H2,1-5H3/p+1/b10-8-,16-14-,22-20-,23-21-,27-26-,30-29-. The van der Waals surface area contributed by atoms with Gasteiger partial charge in [0.15, 0.2) is 0 Å². The minimum absolute atomic E-state index is 0.0837. The lowest BCUT2D eigenvalue weighted by Crippen LogP contribution is -2.37. The molecule has 0 aliphatic rings. The Morgan fingerprint density at radius 2 is 0.892 bits per heavy atom. The average Bonchev–Trinajstić information content (AvgIpc) is 3.27. The summed E-state index contributed by atoms with van der Waals surface area (Å²) in [6, 6.07) is 0. The van der Waals surface area contributed by atoms with Crippen LogP contribution in [0, 0.1) is 0 Å². The van der Waals surface area contributed by atoms with Gasteiger partial charge in [0, 0.05) is 13.0 Å². The number of quaternary nitrogens is 1. The molecule has 1 N–H and O–H groups in total. The van der Waals surface area contributed by atoms with Crippen LogP contribution in [0.1, 0.15) is 219 Å². The van der Waals surface area contributed by atoms with E-state index in [-0.39, 0.29) is 25.8 Å². The highest BCUT2D eigenvalue weighted by molar-refractivity contribution is 7.47. The third-order valence-corrected chi connectivity index (χ3v) is 12.2. The van der Waals surface area contributed by atoms with Gasteiger partial charge in [0.2, 0.25) is 0 Å². The summed E-state index contributed by atoms with van der Waals surface area (Å²) in [6.45, 7) is 5.49. The Kier molecular flexibility index (Phi) is 46.9. The van der Waals surface area contributed by atoms with E-state index in [1.54, 1.807) is 0 Å². The van der Waals surface area contributed by atoms with Crippen molar-refractivity contribution in [3.8, 4) is 0 Å². The molecule has 0 aromatic heterocycles. The number of unbranched alkanes of at least 4 members (excludes halogenated alkanes) is 23. The lowest BCUT2D eigenvalue weighted by Gasteiger charge is -2.24. The largest absolute Gasteiger partial charge is 0.472 e. The van der Waals surface area contributed by atoms with Crippen LogP contribution in [-0.4, -0.2) is 75.6 Å². The van der Waals surface area contributed by atoms with Crippen LogP contribution in [0.25, 0.3) is 0 Å². The molecule has 0 saturated heterocycles. The van der Waals surface area contributed by atoms with Crippen molar-refractivity contribution in [1.29, 1.82) is 0 Å². The Balaban J connectivity index is 4.15. The number of rotatable bonds is 49. The monoisotopic (exact) mass is 933 g/mol. The highest BCUT2D eigenvalue weighted by Gasteiger charge is 2.26. The van der Waals surface area contributed by atoms with Crippen molar-refractivity contribution in [2.24, 2.45) is 0 Å². The zero-order valence-corrected chi connectivity index (χ0v) is 43.9. The molecule has 0 aromatic carbocycles. The number of allylic oxidation sites excluding steroid dienone is 12. The summed E-state index contributed by atoms with van der Waals surface area (Å²) in [5.41, 5.74) is 0.